The average molecular weight is 258 g/mol. The molecule has 2 aromatic rings. The first-order chi connectivity index (χ1) is 9.24. The summed E-state index contributed by atoms with van der Waals surface area (Å²) in [5.41, 5.74) is 2.37. The van der Waals surface area contributed by atoms with E-state index in [0.29, 0.717) is 17.6 Å². The Hall–Kier alpha value is -2.30. The van der Waals surface area contributed by atoms with Gasteiger partial charge in [-0.15, -0.1) is 0 Å². The highest BCUT2D eigenvalue weighted by atomic mass is 16.3. The first-order valence-corrected chi connectivity index (χ1v) is 6.20. The fourth-order valence-corrected chi connectivity index (χ4v) is 1.97. The summed E-state index contributed by atoms with van der Waals surface area (Å²) >= 11 is 0. The van der Waals surface area contributed by atoms with Crippen LogP contribution in [0, 0.1) is 5.92 Å². The molecule has 2 heterocycles. The summed E-state index contributed by atoms with van der Waals surface area (Å²) < 4.78 is 10.6. The SMILES string of the molecule is C[C@H]1C[C@@H]1c1ccc(/C=N\NC(=O)c2ccco2)o1. The number of rotatable bonds is 4. The Morgan fingerprint density at radius 2 is 2.32 bits per heavy atom. The van der Waals surface area contributed by atoms with Gasteiger partial charge in [0.15, 0.2) is 5.76 Å². The molecule has 1 fully saturated rings. The van der Waals surface area contributed by atoms with Crippen LogP contribution in [0.3, 0.4) is 0 Å². The molecule has 1 saturated carbocycles. The molecule has 0 bridgehead atoms. The number of carbonyl (C=O) groups excluding carboxylic acids is 1. The second-order valence-electron chi connectivity index (χ2n) is 4.74. The van der Waals surface area contributed by atoms with Gasteiger partial charge in [-0.1, -0.05) is 6.92 Å². The number of furan rings is 2. The molecule has 2 atom stereocenters. The van der Waals surface area contributed by atoms with E-state index < -0.39 is 0 Å². The molecule has 0 spiro atoms. The zero-order chi connectivity index (χ0) is 13.2. The minimum atomic E-state index is -0.385. The smallest absolute Gasteiger partial charge is 0.307 e. The molecule has 98 valence electrons. The van der Waals surface area contributed by atoms with Gasteiger partial charge >= 0.3 is 5.91 Å². The van der Waals surface area contributed by atoms with E-state index >= 15 is 0 Å². The largest absolute Gasteiger partial charge is 0.460 e. The van der Waals surface area contributed by atoms with Crippen LogP contribution < -0.4 is 5.43 Å². The summed E-state index contributed by atoms with van der Waals surface area (Å²) in [7, 11) is 0. The van der Waals surface area contributed by atoms with E-state index in [2.05, 4.69) is 17.5 Å². The Morgan fingerprint density at radius 3 is 3.00 bits per heavy atom. The maximum atomic E-state index is 11.5. The van der Waals surface area contributed by atoms with Gasteiger partial charge in [0.05, 0.1) is 12.5 Å². The fraction of sp³-hybridized carbons (Fsp3) is 0.286. The third kappa shape index (κ3) is 2.59. The molecule has 1 aliphatic carbocycles. The monoisotopic (exact) mass is 258 g/mol. The fourth-order valence-electron chi connectivity index (χ4n) is 1.97. The summed E-state index contributed by atoms with van der Waals surface area (Å²) in [5.74, 6) is 2.71. The van der Waals surface area contributed by atoms with Crippen LogP contribution in [0.5, 0.6) is 0 Å². The van der Waals surface area contributed by atoms with Gasteiger partial charge in [-0.2, -0.15) is 5.10 Å². The van der Waals surface area contributed by atoms with E-state index in [9.17, 15) is 4.79 Å². The van der Waals surface area contributed by atoms with Crippen molar-refractivity contribution in [3.63, 3.8) is 0 Å². The Kier molecular flexibility index (Phi) is 2.95. The summed E-state index contributed by atoms with van der Waals surface area (Å²) in [6, 6.07) is 7.03. The van der Waals surface area contributed by atoms with Crippen molar-refractivity contribution in [2.75, 3.05) is 0 Å². The molecule has 5 nitrogen and oxygen atoms in total. The average Bonchev–Trinajstić information content (AvgIpc) is 2.90. The predicted octanol–water partition coefficient (Wildman–Crippen LogP) is 2.76. The highest BCUT2D eigenvalue weighted by Crippen LogP contribution is 2.47. The van der Waals surface area contributed by atoms with Gasteiger partial charge in [-0.3, -0.25) is 4.79 Å². The lowest BCUT2D eigenvalue weighted by Gasteiger charge is -1.94. The van der Waals surface area contributed by atoms with E-state index in [4.69, 9.17) is 8.83 Å². The van der Waals surface area contributed by atoms with Gasteiger partial charge in [0.2, 0.25) is 0 Å². The van der Waals surface area contributed by atoms with Crippen LogP contribution in [-0.2, 0) is 0 Å². The lowest BCUT2D eigenvalue weighted by molar-refractivity contribution is 0.0927. The standard InChI is InChI=1S/C14H14N2O3/c1-9-7-11(9)12-5-4-10(19-12)8-15-16-14(17)13-3-2-6-18-13/h2-6,8-9,11H,7H2,1H3,(H,16,17)/b15-8-/t9-,11-/m0/s1. The first-order valence-electron chi connectivity index (χ1n) is 6.20. The Bertz CT molecular complexity index is 598. The second kappa shape index (κ2) is 4.76. The topological polar surface area (TPSA) is 67.7 Å². The zero-order valence-electron chi connectivity index (χ0n) is 10.5. The molecule has 1 amide bonds. The van der Waals surface area contributed by atoms with Gasteiger partial charge in [-0.05, 0) is 36.6 Å². The van der Waals surface area contributed by atoms with Crippen LogP contribution in [0.1, 0.15) is 41.3 Å². The number of hydrogen-bond donors (Lipinski definition) is 1. The number of carbonyl (C=O) groups is 1. The van der Waals surface area contributed by atoms with Crippen molar-refractivity contribution in [2.24, 2.45) is 11.0 Å². The Balaban J connectivity index is 1.57. The lowest BCUT2D eigenvalue weighted by atomic mass is 10.3. The highest BCUT2D eigenvalue weighted by Gasteiger charge is 2.36. The van der Waals surface area contributed by atoms with Crippen molar-refractivity contribution in [3.05, 3.63) is 47.8 Å². The molecule has 3 rings (SSSR count). The van der Waals surface area contributed by atoms with E-state index in [0.717, 1.165) is 5.76 Å². The molecule has 0 saturated heterocycles. The predicted molar refractivity (Wildman–Crippen MR) is 69.0 cm³/mol. The summed E-state index contributed by atoms with van der Waals surface area (Å²) in [5, 5.41) is 3.83. The van der Waals surface area contributed by atoms with E-state index in [1.54, 1.807) is 12.1 Å². The minimum absolute atomic E-state index is 0.226. The van der Waals surface area contributed by atoms with Crippen molar-refractivity contribution in [1.82, 2.24) is 5.43 Å². The number of nitrogens with zero attached hydrogens (tertiary/aromatic N) is 1. The normalized spacial score (nSPS) is 21.7. The van der Waals surface area contributed by atoms with Crippen LogP contribution >= 0.6 is 0 Å². The van der Waals surface area contributed by atoms with Gasteiger partial charge in [0, 0.05) is 5.92 Å². The van der Waals surface area contributed by atoms with Gasteiger partial charge in [0.25, 0.3) is 0 Å². The van der Waals surface area contributed by atoms with Crippen LogP contribution in [0.15, 0.2) is 44.5 Å². The molecule has 2 aromatic heterocycles. The maximum Gasteiger partial charge on any atom is 0.307 e. The Labute approximate surface area is 110 Å². The third-order valence-electron chi connectivity index (χ3n) is 3.23. The van der Waals surface area contributed by atoms with Crippen LogP contribution in [0.4, 0.5) is 0 Å². The number of amides is 1. The number of nitrogens with one attached hydrogen (secondary N) is 1. The molecular formula is C14H14N2O3. The van der Waals surface area contributed by atoms with Crippen molar-refractivity contribution >= 4 is 12.1 Å². The number of hydrazone groups is 1. The molecule has 0 radical (unpaired) electrons. The molecule has 1 N–H and O–H groups in total. The van der Waals surface area contributed by atoms with Crippen LogP contribution in [0.25, 0.3) is 0 Å². The van der Waals surface area contributed by atoms with E-state index in [1.807, 2.05) is 12.1 Å². The highest BCUT2D eigenvalue weighted by molar-refractivity contribution is 5.92. The van der Waals surface area contributed by atoms with Crippen molar-refractivity contribution < 1.29 is 13.6 Å². The van der Waals surface area contributed by atoms with Crippen molar-refractivity contribution in [3.8, 4) is 0 Å². The zero-order valence-corrected chi connectivity index (χ0v) is 10.5. The molecular weight excluding hydrogens is 244 g/mol. The first kappa shape index (κ1) is 11.8. The molecule has 19 heavy (non-hydrogen) atoms. The number of hydrogen-bond acceptors (Lipinski definition) is 4. The van der Waals surface area contributed by atoms with Crippen molar-refractivity contribution in [2.45, 2.75) is 19.3 Å². The van der Waals surface area contributed by atoms with Crippen molar-refractivity contribution in [1.29, 1.82) is 0 Å². The van der Waals surface area contributed by atoms with Crippen LogP contribution in [-0.4, -0.2) is 12.1 Å². The quantitative estimate of drug-likeness (QED) is 0.677. The molecule has 0 unspecified atom stereocenters. The second-order valence-corrected chi connectivity index (χ2v) is 4.74. The molecule has 5 heteroatoms. The van der Waals surface area contributed by atoms with Gasteiger partial charge in [-0.25, -0.2) is 5.43 Å². The van der Waals surface area contributed by atoms with E-state index in [-0.39, 0.29) is 11.7 Å². The summed E-state index contributed by atoms with van der Waals surface area (Å²) in [6.45, 7) is 2.20. The lowest BCUT2D eigenvalue weighted by Crippen LogP contribution is -2.16. The third-order valence-corrected chi connectivity index (χ3v) is 3.23. The maximum absolute atomic E-state index is 11.5. The summed E-state index contributed by atoms with van der Waals surface area (Å²) in [4.78, 5) is 11.5. The van der Waals surface area contributed by atoms with Crippen LogP contribution in [0.2, 0.25) is 0 Å². The summed E-state index contributed by atoms with van der Waals surface area (Å²) in [6.07, 6.45) is 4.10. The van der Waals surface area contributed by atoms with Gasteiger partial charge in [0.1, 0.15) is 11.5 Å². The molecule has 0 aromatic carbocycles. The molecule has 0 aliphatic heterocycles. The van der Waals surface area contributed by atoms with Gasteiger partial charge < -0.3 is 8.83 Å². The van der Waals surface area contributed by atoms with E-state index in [1.165, 1.54) is 18.9 Å². The molecule has 1 aliphatic rings. The minimum Gasteiger partial charge on any atom is -0.460 e. The Morgan fingerprint density at radius 1 is 1.47 bits per heavy atom.